The van der Waals surface area contributed by atoms with Crippen LogP contribution in [0.1, 0.15) is 38.2 Å². The van der Waals surface area contributed by atoms with Crippen LogP contribution in [0.25, 0.3) is 0 Å². The zero-order valence-corrected chi connectivity index (χ0v) is 9.49. The Labute approximate surface area is 92.5 Å². The van der Waals surface area contributed by atoms with Crippen molar-refractivity contribution in [3.05, 3.63) is 35.9 Å². The SMILES string of the molecule is C[C@@H]1CCC[C@@H](CCc2ccccc2)O1. The van der Waals surface area contributed by atoms with Crippen LogP contribution in [0.2, 0.25) is 0 Å². The van der Waals surface area contributed by atoms with E-state index in [9.17, 15) is 0 Å². The Kier molecular flexibility index (Phi) is 3.79. The van der Waals surface area contributed by atoms with Crippen LogP contribution in [0.4, 0.5) is 0 Å². The highest BCUT2D eigenvalue weighted by atomic mass is 16.5. The number of benzene rings is 1. The Morgan fingerprint density at radius 3 is 2.73 bits per heavy atom. The highest BCUT2D eigenvalue weighted by molar-refractivity contribution is 5.14. The Bertz CT molecular complexity index is 281. The van der Waals surface area contributed by atoms with Gasteiger partial charge in [0.25, 0.3) is 0 Å². The second kappa shape index (κ2) is 5.32. The van der Waals surface area contributed by atoms with E-state index in [4.69, 9.17) is 4.74 Å². The molecule has 0 amide bonds. The normalized spacial score (nSPS) is 26.5. The summed E-state index contributed by atoms with van der Waals surface area (Å²) in [4.78, 5) is 0. The van der Waals surface area contributed by atoms with Crippen molar-refractivity contribution in [2.45, 2.75) is 51.2 Å². The van der Waals surface area contributed by atoms with Crippen LogP contribution < -0.4 is 0 Å². The van der Waals surface area contributed by atoms with Gasteiger partial charge in [0.1, 0.15) is 0 Å². The van der Waals surface area contributed by atoms with Gasteiger partial charge in [-0.25, -0.2) is 0 Å². The van der Waals surface area contributed by atoms with Crippen LogP contribution in [-0.2, 0) is 11.2 Å². The van der Waals surface area contributed by atoms with Crippen LogP contribution in [0, 0.1) is 0 Å². The first kappa shape index (κ1) is 10.7. The Hall–Kier alpha value is -0.820. The predicted molar refractivity (Wildman–Crippen MR) is 62.9 cm³/mol. The van der Waals surface area contributed by atoms with Gasteiger partial charge in [-0.15, -0.1) is 0 Å². The van der Waals surface area contributed by atoms with Gasteiger partial charge in [0.15, 0.2) is 0 Å². The van der Waals surface area contributed by atoms with Crippen molar-refractivity contribution in [3.63, 3.8) is 0 Å². The quantitative estimate of drug-likeness (QED) is 0.731. The lowest BCUT2D eigenvalue weighted by atomic mass is 9.99. The largest absolute Gasteiger partial charge is 0.375 e. The van der Waals surface area contributed by atoms with Crippen molar-refractivity contribution >= 4 is 0 Å². The summed E-state index contributed by atoms with van der Waals surface area (Å²) in [6.45, 7) is 2.19. The number of rotatable bonds is 3. The van der Waals surface area contributed by atoms with Crippen LogP contribution in [0.5, 0.6) is 0 Å². The lowest BCUT2D eigenvalue weighted by molar-refractivity contribution is -0.0429. The minimum absolute atomic E-state index is 0.472. The van der Waals surface area contributed by atoms with Crippen molar-refractivity contribution in [1.29, 1.82) is 0 Å². The Balaban J connectivity index is 1.78. The minimum atomic E-state index is 0.472. The molecule has 0 aromatic heterocycles. The first-order valence-electron chi connectivity index (χ1n) is 6.04. The molecule has 1 heteroatoms. The zero-order chi connectivity index (χ0) is 10.5. The molecule has 1 aromatic rings. The van der Waals surface area contributed by atoms with E-state index in [1.807, 2.05) is 0 Å². The summed E-state index contributed by atoms with van der Waals surface area (Å²) in [6.07, 6.45) is 7.11. The molecule has 0 aliphatic carbocycles. The van der Waals surface area contributed by atoms with Crippen molar-refractivity contribution < 1.29 is 4.74 Å². The third-order valence-electron chi connectivity index (χ3n) is 3.16. The molecule has 1 nitrogen and oxygen atoms in total. The topological polar surface area (TPSA) is 9.23 Å². The van der Waals surface area contributed by atoms with E-state index in [0.29, 0.717) is 12.2 Å². The lowest BCUT2D eigenvalue weighted by Gasteiger charge is -2.27. The maximum absolute atomic E-state index is 5.91. The first-order valence-corrected chi connectivity index (χ1v) is 6.04. The molecular weight excluding hydrogens is 184 g/mol. The molecule has 0 radical (unpaired) electrons. The minimum Gasteiger partial charge on any atom is -0.375 e. The molecule has 82 valence electrons. The fraction of sp³-hybridized carbons (Fsp3) is 0.571. The van der Waals surface area contributed by atoms with E-state index in [-0.39, 0.29) is 0 Å². The number of hydrogen-bond acceptors (Lipinski definition) is 1. The molecule has 1 aromatic carbocycles. The highest BCUT2D eigenvalue weighted by Crippen LogP contribution is 2.22. The van der Waals surface area contributed by atoms with Gasteiger partial charge in [-0.2, -0.15) is 0 Å². The zero-order valence-electron chi connectivity index (χ0n) is 9.49. The van der Waals surface area contributed by atoms with Crippen molar-refractivity contribution in [2.75, 3.05) is 0 Å². The molecule has 0 spiro atoms. The average Bonchev–Trinajstić information content (AvgIpc) is 2.28. The van der Waals surface area contributed by atoms with Crippen LogP contribution in [0.15, 0.2) is 30.3 Å². The van der Waals surface area contributed by atoms with Crippen LogP contribution in [0.3, 0.4) is 0 Å². The summed E-state index contributed by atoms with van der Waals surface area (Å²) in [5, 5.41) is 0. The van der Waals surface area contributed by atoms with Crippen molar-refractivity contribution in [3.8, 4) is 0 Å². The van der Waals surface area contributed by atoms with Gasteiger partial charge in [-0.1, -0.05) is 30.3 Å². The molecule has 15 heavy (non-hydrogen) atoms. The first-order chi connectivity index (χ1) is 7.34. The summed E-state index contributed by atoms with van der Waals surface area (Å²) in [5.74, 6) is 0. The third kappa shape index (κ3) is 3.35. The third-order valence-corrected chi connectivity index (χ3v) is 3.16. The molecule has 1 fully saturated rings. The van der Waals surface area contributed by atoms with Gasteiger partial charge >= 0.3 is 0 Å². The average molecular weight is 204 g/mol. The molecular formula is C14H20O. The Morgan fingerprint density at radius 1 is 1.20 bits per heavy atom. The summed E-state index contributed by atoms with van der Waals surface area (Å²) in [7, 11) is 0. The maximum Gasteiger partial charge on any atom is 0.0582 e. The van der Waals surface area contributed by atoms with E-state index < -0.39 is 0 Å². The van der Waals surface area contributed by atoms with E-state index in [2.05, 4.69) is 37.3 Å². The number of ether oxygens (including phenoxy) is 1. The molecule has 2 rings (SSSR count). The fourth-order valence-corrected chi connectivity index (χ4v) is 2.28. The maximum atomic E-state index is 5.91. The molecule has 2 atom stereocenters. The van der Waals surface area contributed by atoms with Gasteiger partial charge < -0.3 is 4.74 Å². The smallest absolute Gasteiger partial charge is 0.0582 e. The van der Waals surface area contributed by atoms with E-state index in [0.717, 1.165) is 6.42 Å². The van der Waals surface area contributed by atoms with Gasteiger partial charge in [-0.3, -0.25) is 0 Å². The monoisotopic (exact) mass is 204 g/mol. The van der Waals surface area contributed by atoms with Gasteiger partial charge in [0, 0.05) is 0 Å². The van der Waals surface area contributed by atoms with Crippen LogP contribution in [-0.4, -0.2) is 12.2 Å². The van der Waals surface area contributed by atoms with Crippen molar-refractivity contribution in [1.82, 2.24) is 0 Å². The van der Waals surface area contributed by atoms with E-state index >= 15 is 0 Å². The predicted octanol–water partition coefficient (Wildman–Crippen LogP) is 3.58. The standard InChI is InChI=1S/C14H20O/c1-12-6-5-9-14(15-12)11-10-13-7-3-2-4-8-13/h2-4,7-8,12,14H,5-6,9-11H2,1H3/t12-,14+/m1/s1. The molecule has 0 unspecified atom stereocenters. The van der Waals surface area contributed by atoms with Gasteiger partial charge in [0.05, 0.1) is 12.2 Å². The molecule has 0 N–H and O–H groups in total. The van der Waals surface area contributed by atoms with Gasteiger partial charge in [-0.05, 0) is 44.6 Å². The van der Waals surface area contributed by atoms with Gasteiger partial charge in [0.2, 0.25) is 0 Å². The van der Waals surface area contributed by atoms with Crippen LogP contribution >= 0.6 is 0 Å². The second-order valence-corrected chi connectivity index (χ2v) is 4.52. The molecule has 1 heterocycles. The number of aryl methyl sites for hydroxylation is 1. The Morgan fingerprint density at radius 2 is 2.00 bits per heavy atom. The van der Waals surface area contributed by atoms with E-state index in [1.165, 1.54) is 31.2 Å². The lowest BCUT2D eigenvalue weighted by Crippen LogP contribution is -2.25. The summed E-state index contributed by atoms with van der Waals surface area (Å²) in [5.41, 5.74) is 1.43. The van der Waals surface area contributed by atoms with E-state index in [1.54, 1.807) is 0 Å². The fourth-order valence-electron chi connectivity index (χ4n) is 2.28. The van der Waals surface area contributed by atoms with Crippen molar-refractivity contribution in [2.24, 2.45) is 0 Å². The second-order valence-electron chi connectivity index (χ2n) is 4.52. The number of hydrogen-bond donors (Lipinski definition) is 0. The molecule has 1 saturated heterocycles. The summed E-state index contributed by atoms with van der Waals surface area (Å²) in [6, 6.07) is 10.7. The molecule has 1 aliphatic rings. The molecule has 0 bridgehead atoms. The molecule has 1 aliphatic heterocycles. The molecule has 0 saturated carbocycles. The summed E-state index contributed by atoms with van der Waals surface area (Å²) < 4.78 is 5.91. The highest BCUT2D eigenvalue weighted by Gasteiger charge is 2.18. The summed E-state index contributed by atoms with van der Waals surface area (Å²) >= 11 is 0.